The second-order valence-corrected chi connectivity index (χ2v) is 8.12. The van der Waals surface area contributed by atoms with Crippen LogP contribution < -0.4 is 15.5 Å². The molecule has 2 N–H and O–H groups in total. The number of carbonyl (C=O) groups is 2. The van der Waals surface area contributed by atoms with E-state index in [-0.39, 0.29) is 11.7 Å². The molecule has 1 aromatic heterocycles. The van der Waals surface area contributed by atoms with Gasteiger partial charge in [0.05, 0.1) is 11.4 Å². The van der Waals surface area contributed by atoms with Crippen molar-refractivity contribution in [2.45, 2.75) is 37.8 Å². The minimum absolute atomic E-state index is 0.0555. The number of thioether (sulfide) groups is 1. The summed E-state index contributed by atoms with van der Waals surface area (Å²) < 4.78 is 1.91. The smallest absolute Gasteiger partial charge is 0.321 e. The number of nitrogens with one attached hydrogen (secondary N) is 2. The molecule has 0 atom stereocenters. The molecule has 2 heterocycles. The number of rotatable bonds is 8. The van der Waals surface area contributed by atoms with E-state index >= 15 is 0 Å². The first-order chi connectivity index (χ1) is 14.1. The third-order valence-electron chi connectivity index (χ3n) is 4.47. The Hall–Kier alpha value is -2.26. The van der Waals surface area contributed by atoms with Gasteiger partial charge in [-0.3, -0.25) is 14.7 Å². The lowest BCUT2D eigenvalue weighted by molar-refractivity contribution is -0.117. The predicted molar refractivity (Wildman–Crippen MR) is 115 cm³/mol. The number of carbonyl (C=O) groups excluding carboxylic acids is 2. The van der Waals surface area contributed by atoms with Gasteiger partial charge >= 0.3 is 6.03 Å². The Morgan fingerprint density at radius 1 is 1.24 bits per heavy atom. The fourth-order valence-corrected chi connectivity index (χ4v) is 3.97. The Morgan fingerprint density at radius 3 is 2.76 bits per heavy atom. The van der Waals surface area contributed by atoms with Crippen LogP contribution in [0.5, 0.6) is 0 Å². The van der Waals surface area contributed by atoms with Gasteiger partial charge in [-0.15, -0.1) is 10.2 Å². The maximum Gasteiger partial charge on any atom is 0.321 e. The summed E-state index contributed by atoms with van der Waals surface area (Å²) in [6, 6.07) is 6.98. The highest BCUT2D eigenvalue weighted by Crippen LogP contribution is 2.29. The first-order valence-electron chi connectivity index (χ1n) is 9.75. The fourth-order valence-electron chi connectivity index (χ4n) is 3.03. The molecule has 156 valence electrons. The quantitative estimate of drug-likeness (QED) is 0.487. The van der Waals surface area contributed by atoms with Gasteiger partial charge in [-0.25, -0.2) is 4.79 Å². The van der Waals surface area contributed by atoms with E-state index in [1.165, 1.54) is 11.8 Å². The minimum Gasteiger partial charge on any atom is -0.341 e. The molecular formula is C19H25ClN6O2S. The Bertz CT molecular complexity index is 853. The molecule has 1 aliphatic rings. The van der Waals surface area contributed by atoms with Gasteiger partial charge < -0.3 is 10.2 Å². The molecule has 0 saturated carbocycles. The molecule has 10 heteroatoms. The van der Waals surface area contributed by atoms with E-state index in [4.69, 9.17) is 11.6 Å². The number of benzene rings is 1. The summed E-state index contributed by atoms with van der Waals surface area (Å²) in [5.41, 5.74) is 0.838. The zero-order valence-electron chi connectivity index (χ0n) is 16.4. The summed E-state index contributed by atoms with van der Waals surface area (Å²) in [6.07, 6.45) is 4.07. The van der Waals surface area contributed by atoms with Gasteiger partial charge in [0.2, 0.25) is 11.9 Å². The number of hydrogen-bond acceptors (Lipinski definition) is 6. The largest absolute Gasteiger partial charge is 0.341 e. The summed E-state index contributed by atoms with van der Waals surface area (Å²) in [5.74, 6) is 0.414. The number of aromatic nitrogens is 3. The van der Waals surface area contributed by atoms with Gasteiger partial charge in [-0.05, 0) is 37.5 Å². The molecule has 29 heavy (non-hydrogen) atoms. The van der Waals surface area contributed by atoms with Crippen molar-refractivity contribution < 1.29 is 9.59 Å². The van der Waals surface area contributed by atoms with Crippen molar-refractivity contribution in [3.05, 3.63) is 29.3 Å². The van der Waals surface area contributed by atoms with Crippen molar-refractivity contribution in [1.29, 1.82) is 0 Å². The van der Waals surface area contributed by atoms with Crippen LogP contribution in [0.2, 0.25) is 5.02 Å². The second kappa shape index (κ2) is 10.5. The van der Waals surface area contributed by atoms with E-state index in [2.05, 4.69) is 25.7 Å². The van der Waals surface area contributed by atoms with Crippen molar-refractivity contribution in [3.63, 3.8) is 0 Å². The van der Waals surface area contributed by atoms with E-state index in [1.54, 1.807) is 0 Å². The van der Waals surface area contributed by atoms with E-state index in [0.717, 1.165) is 50.4 Å². The number of anilines is 1. The highest BCUT2D eigenvalue weighted by atomic mass is 35.5. The number of urea groups is 1. The highest BCUT2D eigenvalue weighted by molar-refractivity contribution is 7.99. The van der Waals surface area contributed by atoms with Gasteiger partial charge in [0, 0.05) is 24.7 Å². The van der Waals surface area contributed by atoms with Crippen LogP contribution in [-0.2, 0) is 4.79 Å². The standard InChI is InChI=1S/C19H25ClN6O2S/c1-2-3-9-21-17(28)22-16(27)13-29-19-24-23-18(25-10-4-5-11-25)26(19)15-8-6-7-14(20)12-15/h6-8,12H,2-5,9-11,13H2,1H3,(H2,21,22,27,28). The summed E-state index contributed by atoms with van der Waals surface area (Å²) in [4.78, 5) is 26.1. The normalized spacial score (nSPS) is 13.5. The van der Waals surface area contributed by atoms with Crippen LogP contribution in [0.3, 0.4) is 0 Å². The maximum absolute atomic E-state index is 12.1. The van der Waals surface area contributed by atoms with Gasteiger partial charge in [0.25, 0.3) is 0 Å². The lowest BCUT2D eigenvalue weighted by Gasteiger charge is -2.18. The number of hydrogen-bond donors (Lipinski definition) is 2. The van der Waals surface area contributed by atoms with Crippen LogP contribution in [0.25, 0.3) is 5.69 Å². The lowest BCUT2D eigenvalue weighted by atomic mass is 10.3. The van der Waals surface area contributed by atoms with E-state index in [0.29, 0.717) is 16.7 Å². The van der Waals surface area contributed by atoms with Crippen molar-refractivity contribution in [2.24, 2.45) is 0 Å². The molecule has 1 saturated heterocycles. The maximum atomic E-state index is 12.1. The molecule has 3 rings (SSSR count). The molecule has 1 fully saturated rings. The van der Waals surface area contributed by atoms with Gasteiger partial charge in [0.15, 0.2) is 5.16 Å². The molecular weight excluding hydrogens is 412 g/mol. The van der Waals surface area contributed by atoms with Gasteiger partial charge in [-0.2, -0.15) is 0 Å². The van der Waals surface area contributed by atoms with E-state index < -0.39 is 6.03 Å². The zero-order chi connectivity index (χ0) is 20.6. The molecule has 1 aliphatic heterocycles. The fraction of sp³-hybridized carbons (Fsp3) is 0.474. The van der Waals surface area contributed by atoms with Gasteiger partial charge in [-0.1, -0.05) is 42.8 Å². The van der Waals surface area contributed by atoms with Crippen LogP contribution in [0, 0.1) is 0 Å². The monoisotopic (exact) mass is 436 g/mol. The summed E-state index contributed by atoms with van der Waals surface area (Å²) in [6.45, 7) is 4.42. The molecule has 0 aliphatic carbocycles. The Morgan fingerprint density at radius 2 is 2.03 bits per heavy atom. The predicted octanol–water partition coefficient (Wildman–Crippen LogP) is 3.24. The second-order valence-electron chi connectivity index (χ2n) is 6.74. The van der Waals surface area contributed by atoms with E-state index in [1.807, 2.05) is 35.8 Å². The third-order valence-corrected chi connectivity index (χ3v) is 5.64. The first-order valence-corrected chi connectivity index (χ1v) is 11.1. The summed E-state index contributed by atoms with van der Waals surface area (Å²) >= 11 is 7.41. The molecule has 0 bridgehead atoms. The molecule has 2 aromatic rings. The number of halogens is 1. The SMILES string of the molecule is CCCCNC(=O)NC(=O)CSc1nnc(N2CCCC2)n1-c1cccc(Cl)c1. The van der Waals surface area contributed by atoms with Crippen LogP contribution in [-0.4, -0.2) is 52.1 Å². The Labute approximate surface area is 179 Å². The highest BCUT2D eigenvalue weighted by Gasteiger charge is 2.23. The van der Waals surface area contributed by atoms with Crippen LogP contribution in [0.1, 0.15) is 32.6 Å². The van der Waals surface area contributed by atoms with Crippen molar-refractivity contribution >= 4 is 41.2 Å². The van der Waals surface area contributed by atoms with Gasteiger partial charge in [0.1, 0.15) is 0 Å². The van der Waals surface area contributed by atoms with Crippen LogP contribution >= 0.6 is 23.4 Å². The Balaban J connectivity index is 1.70. The molecule has 0 radical (unpaired) electrons. The topological polar surface area (TPSA) is 92.2 Å². The molecule has 3 amide bonds. The van der Waals surface area contributed by atoms with Crippen molar-refractivity contribution in [1.82, 2.24) is 25.4 Å². The van der Waals surface area contributed by atoms with Crippen molar-refractivity contribution in [3.8, 4) is 5.69 Å². The summed E-state index contributed by atoms with van der Waals surface area (Å²) in [5, 5.41) is 14.8. The molecule has 1 aromatic carbocycles. The van der Waals surface area contributed by atoms with Crippen LogP contribution in [0.4, 0.5) is 10.7 Å². The van der Waals surface area contributed by atoms with Crippen molar-refractivity contribution in [2.75, 3.05) is 30.3 Å². The Kier molecular flexibility index (Phi) is 7.76. The lowest BCUT2D eigenvalue weighted by Crippen LogP contribution is -2.40. The van der Waals surface area contributed by atoms with Crippen LogP contribution in [0.15, 0.2) is 29.4 Å². The van der Waals surface area contributed by atoms with E-state index in [9.17, 15) is 9.59 Å². The number of amides is 3. The zero-order valence-corrected chi connectivity index (χ0v) is 17.9. The number of imide groups is 1. The minimum atomic E-state index is -0.474. The molecule has 8 nitrogen and oxygen atoms in total. The number of unbranched alkanes of at least 4 members (excludes halogenated alkanes) is 1. The molecule has 0 unspecified atom stereocenters. The molecule has 0 spiro atoms. The average molecular weight is 437 g/mol. The first kappa shape index (κ1) is 21.4. The number of nitrogens with zero attached hydrogens (tertiary/aromatic N) is 4. The summed E-state index contributed by atoms with van der Waals surface area (Å²) in [7, 11) is 0. The average Bonchev–Trinajstić information content (AvgIpc) is 3.36. The third kappa shape index (κ3) is 5.86.